The van der Waals surface area contributed by atoms with E-state index in [0.29, 0.717) is 11.4 Å². The Kier molecular flexibility index (Phi) is 5.94. The van der Waals surface area contributed by atoms with Crippen LogP contribution in [0.15, 0.2) is 57.5 Å². The van der Waals surface area contributed by atoms with E-state index in [-0.39, 0.29) is 11.6 Å². The molecule has 0 aliphatic carbocycles. The Morgan fingerprint density at radius 3 is 1.41 bits per heavy atom. The minimum absolute atomic E-state index is 0.222. The molecule has 3 rings (SSSR count). The van der Waals surface area contributed by atoms with Crippen molar-refractivity contribution in [1.29, 1.82) is 0 Å². The van der Waals surface area contributed by atoms with E-state index in [0.717, 1.165) is 8.95 Å². The molecule has 148 valence electrons. The number of hydrogen-bond donors (Lipinski definition) is 3. The molecule has 0 unspecified atom stereocenters. The molecule has 4 N–H and O–H groups in total. The number of nitrogens with zero attached hydrogens (tertiary/aromatic N) is 3. The van der Waals surface area contributed by atoms with Gasteiger partial charge in [-0.15, -0.1) is 0 Å². The Labute approximate surface area is 180 Å². The summed E-state index contributed by atoms with van der Waals surface area (Å²) in [5.74, 6) is -0.444. The fourth-order valence-electron chi connectivity index (χ4n) is 2.47. The fourth-order valence-corrected chi connectivity index (χ4v) is 3.00. The van der Waals surface area contributed by atoms with Crippen LogP contribution in [0.25, 0.3) is 0 Å². The van der Waals surface area contributed by atoms with Gasteiger partial charge in [0, 0.05) is 20.3 Å². The van der Waals surface area contributed by atoms with Gasteiger partial charge in [0.2, 0.25) is 11.6 Å². The lowest BCUT2D eigenvalue weighted by atomic mass is 10.2. The average molecular weight is 524 g/mol. The van der Waals surface area contributed by atoms with Gasteiger partial charge in [-0.05, 0) is 48.5 Å². The maximum Gasteiger partial charge on any atom is 0.341 e. The summed E-state index contributed by atoms with van der Waals surface area (Å²) in [7, 11) is 0. The van der Waals surface area contributed by atoms with Crippen molar-refractivity contribution in [2.75, 3.05) is 16.4 Å². The van der Waals surface area contributed by atoms with Crippen molar-refractivity contribution in [3.05, 3.63) is 77.7 Å². The molecular weight excluding hydrogens is 512 g/mol. The molecule has 3 aromatic rings. The summed E-state index contributed by atoms with van der Waals surface area (Å²) in [4.78, 5) is 25.6. The second-order valence-corrected chi connectivity index (χ2v) is 7.53. The van der Waals surface area contributed by atoms with Gasteiger partial charge >= 0.3 is 11.4 Å². The standard InChI is InChI=1S/C17H12Br2N6O4/c18-9-1-5-11(6-2-9)21-16-14(24(26)27)13(20)15(25(28)29)17(23-16)22-12-7-3-10(19)4-8-12/h1-8H,(H4,20,21,22,23). The molecule has 0 aliphatic rings. The summed E-state index contributed by atoms with van der Waals surface area (Å²) in [6.07, 6.45) is 0. The molecule has 0 spiro atoms. The molecule has 1 aromatic heterocycles. The van der Waals surface area contributed by atoms with Crippen molar-refractivity contribution in [3.63, 3.8) is 0 Å². The highest BCUT2D eigenvalue weighted by atomic mass is 79.9. The van der Waals surface area contributed by atoms with E-state index in [1.54, 1.807) is 48.5 Å². The first-order chi connectivity index (χ1) is 13.8. The Morgan fingerprint density at radius 2 is 1.10 bits per heavy atom. The molecule has 0 saturated heterocycles. The lowest BCUT2D eigenvalue weighted by Gasteiger charge is -2.12. The maximum atomic E-state index is 11.6. The predicted octanol–water partition coefficient (Wildman–Crippen LogP) is 5.49. The maximum absolute atomic E-state index is 11.6. The van der Waals surface area contributed by atoms with Crippen molar-refractivity contribution < 1.29 is 9.85 Å². The van der Waals surface area contributed by atoms with Gasteiger partial charge in [0.05, 0.1) is 9.85 Å². The van der Waals surface area contributed by atoms with E-state index in [1.165, 1.54) is 0 Å². The second-order valence-electron chi connectivity index (χ2n) is 5.70. The predicted molar refractivity (Wildman–Crippen MR) is 117 cm³/mol. The van der Waals surface area contributed by atoms with Crippen LogP contribution in [0.2, 0.25) is 0 Å². The van der Waals surface area contributed by atoms with E-state index in [4.69, 9.17) is 5.73 Å². The number of halogens is 2. The van der Waals surface area contributed by atoms with Crippen LogP contribution in [0.3, 0.4) is 0 Å². The van der Waals surface area contributed by atoms with Crippen molar-refractivity contribution >= 4 is 71.9 Å². The number of aromatic nitrogens is 1. The Balaban J connectivity index is 2.14. The fraction of sp³-hybridized carbons (Fsp3) is 0. The van der Waals surface area contributed by atoms with Gasteiger partial charge in [0.25, 0.3) is 0 Å². The van der Waals surface area contributed by atoms with Gasteiger partial charge in [0.1, 0.15) is 0 Å². The van der Waals surface area contributed by atoms with Crippen molar-refractivity contribution in [1.82, 2.24) is 4.98 Å². The minimum atomic E-state index is -0.806. The number of rotatable bonds is 6. The van der Waals surface area contributed by atoms with E-state index in [2.05, 4.69) is 47.5 Å². The van der Waals surface area contributed by atoms with Crippen LogP contribution in [0.5, 0.6) is 0 Å². The van der Waals surface area contributed by atoms with Gasteiger partial charge in [-0.2, -0.15) is 4.98 Å². The highest BCUT2D eigenvalue weighted by Crippen LogP contribution is 2.43. The second kappa shape index (κ2) is 8.41. The molecule has 0 saturated carbocycles. The largest absolute Gasteiger partial charge is 0.387 e. The highest BCUT2D eigenvalue weighted by Gasteiger charge is 2.33. The van der Waals surface area contributed by atoms with Crippen LogP contribution < -0.4 is 16.4 Å². The molecule has 0 bridgehead atoms. The average Bonchev–Trinajstić information content (AvgIpc) is 2.64. The zero-order valence-electron chi connectivity index (χ0n) is 14.4. The number of anilines is 5. The Bertz CT molecular complexity index is 1010. The van der Waals surface area contributed by atoms with Gasteiger partial charge < -0.3 is 16.4 Å². The van der Waals surface area contributed by atoms with Gasteiger partial charge in [-0.3, -0.25) is 20.2 Å². The molecule has 12 heteroatoms. The normalized spacial score (nSPS) is 10.4. The SMILES string of the molecule is Nc1c([N+](=O)[O-])c(Nc2ccc(Br)cc2)nc(Nc2ccc(Br)cc2)c1[N+](=O)[O-]. The van der Waals surface area contributed by atoms with Gasteiger partial charge in [-0.1, -0.05) is 31.9 Å². The molecule has 2 aromatic carbocycles. The number of nitrogen functional groups attached to an aromatic ring is 1. The topological polar surface area (TPSA) is 149 Å². The molecule has 1 heterocycles. The Morgan fingerprint density at radius 1 is 0.759 bits per heavy atom. The zero-order valence-corrected chi connectivity index (χ0v) is 17.6. The van der Waals surface area contributed by atoms with Crippen molar-refractivity contribution in [3.8, 4) is 0 Å². The highest BCUT2D eigenvalue weighted by molar-refractivity contribution is 9.10. The smallest absolute Gasteiger partial charge is 0.341 e. The summed E-state index contributed by atoms with van der Waals surface area (Å²) in [5.41, 5.74) is 4.85. The summed E-state index contributed by atoms with van der Waals surface area (Å²) in [6.45, 7) is 0. The van der Waals surface area contributed by atoms with Crippen LogP contribution in [0.4, 0.5) is 40.1 Å². The first-order valence-corrected chi connectivity index (χ1v) is 9.52. The third-order valence-electron chi connectivity index (χ3n) is 3.76. The van der Waals surface area contributed by atoms with Crippen LogP contribution in [-0.2, 0) is 0 Å². The summed E-state index contributed by atoms with van der Waals surface area (Å²) < 4.78 is 1.62. The van der Waals surface area contributed by atoms with Crippen LogP contribution in [0.1, 0.15) is 0 Å². The third kappa shape index (κ3) is 4.60. The third-order valence-corrected chi connectivity index (χ3v) is 4.82. The van der Waals surface area contributed by atoms with Gasteiger partial charge in [0.15, 0.2) is 5.69 Å². The number of nitro groups is 2. The minimum Gasteiger partial charge on any atom is -0.387 e. The van der Waals surface area contributed by atoms with Crippen LogP contribution in [0, 0.1) is 20.2 Å². The van der Waals surface area contributed by atoms with Crippen molar-refractivity contribution in [2.45, 2.75) is 0 Å². The molecule has 29 heavy (non-hydrogen) atoms. The summed E-state index contributed by atoms with van der Waals surface area (Å²) in [6, 6.07) is 13.6. The van der Waals surface area contributed by atoms with Crippen molar-refractivity contribution in [2.24, 2.45) is 0 Å². The first-order valence-electron chi connectivity index (χ1n) is 7.93. The van der Waals surface area contributed by atoms with Crippen LogP contribution >= 0.6 is 31.9 Å². The first kappa shape index (κ1) is 20.5. The number of pyridine rings is 1. The molecule has 0 radical (unpaired) electrons. The molecule has 0 fully saturated rings. The van der Waals surface area contributed by atoms with Gasteiger partial charge in [-0.25, -0.2) is 0 Å². The summed E-state index contributed by atoms with van der Waals surface area (Å²) >= 11 is 6.60. The monoisotopic (exact) mass is 522 g/mol. The summed E-state index contributed by atoms with van der Waals surface area (Å²) in [5, 5.41) is 28.7. The van der Waals surface area contributed by atoms with E-state index < -0.39 is 26.9 Å². The quantitative estimate of drug-likeness (QED) is 0.283. The zero-order chi connectivity index (χ0) is 21.1. The molecule has 0 amide bonds. The molecule has 0 atom stereocenters. The number of benzene rings is 2. The molecular formula is C17H12Br2N6O4. The molecule has 10 nitrogen and oxygen atoms in total. The lowest BCUT2D eigenvalue weighted by molar-refractivity contribution is -0.391. The Hall–Kier alpha value is -3.25. The lowest BCUT2D eigenvalue weighted by Crippen LogP contribution is -2.10. The number of hydrogen-bond acceptors (Lipinski definition) is 8. The number of nitrogens with two attached hydrogens (primary N) is 1. The van der Waals surface area contributed by atoms with E-state index in [1.807, 2.05) is 0 Å². The number of nitrogens with one attached hydrogen (secondary N) is 2. The molecule has 0 aliphatic heterocycles. The van der Waals surface area contributed by atoms with E-state index >= 15 is 0 Å². The van der Waals surface area contributed by atoms with E-state index in [9.17, 15) is 20.2 Å². The van der Waals surface area contributed by atoms with Crippen LogP contribution in [-0.4, -0.2) is 14.8 Å².